The molecule has 0 amide bonds. The molecule has 1 aromatic rings. The van der Waals surface area contributed by atoms with Crippen molar-refractivity contribution < 1.29 is 0 Å². The standard InChI is InChI=1S/C13H20ClN3/c1-17(10-5-3-2-4-6-10)13-8-7-11(14)12(9-15)16-13/h7-8,10H,2-6,9,15H2,1H3. The number of nitrogens with zero attached hydrogens (tertiary/aromatic N) is 2. The molecule has 0 bridgehead atoms. The molecule has 1 saturated carbocycles. The molecule has 1 fully saturated rings. The lowest BCUT2D eigenvalue weighted by molar-refractivity contribution is 0.426. The fourth-order valence-electron chi connectivity index (χ4n) is 2.47. The summed E-state index contributed by atoms with van der Waals surface area (Å²) in [5.41, 5.74) is 6.42. The Morgan fingerprint density at radius 1 is 1.35 bits per heavy atom. The molecule has 1 aliphatic carbocycles. The first-order valence-corrected chi connectivity index (χ1v) is 6.68. The Kier molecular flexibility index (Phi) is 4.24. The van der Waals surface area contributed by atoms with Crippen LogP contribution in [0.25, 0.3) is 0 Å². The van der Waals surface area contributed by atoms with E-state index in [2.05, 4.69) is 16.9 Å². The summed E-state index contributed by atoms with van der Waals surface area (Å²) in [7, 11) is 2.12. The van der Waals surface area contributed by atoms with Crippen LogP contribution in [-0.4, -0.2) is 18.1 Å². The molecule has 0 aromatic carbocycles. The Morgan fingerprint density at radius 2 is 2.06 bits per heavy atom. The summed E-state index contributed by atoms with van der Waals surface area (Å²) in [5, 5.41) is 0.660. The number of hydrogen-bond donors (Lipinski definition) is 1. The largest absolute Gasteiger partial charge is 0.357 e. The van der Waals surface area contributed by atoms with Crippen molar-refractivity contribution in [1.82, 2.24) is 4.98 Å². The molecule has 0 atom stereocenters. The van der Waals surface area contributed by atoms with Gasteiger partial charge in [-0.1, -0.05) is 30.9 Å². The molecule has 2 rings (SSSR count). The number of pyridine rings is 1. The summed E-state index contributed by atoms with van der Waals surface area (Å²) in [6.07, 6.45) is 6.54. The van der Waals surface area contributed by atoms with E-state index in [1.54, 1.807) is 0 Å². The predicted octanol–water partition coefficient (Wildman–Crippen LogP) is 2.96. The van der Waals surface area contributed by atoms with Crippen molar-refractivity contribution in [1.29, 1.82) is 0 Å². The van der Waals surface area contributed by atoms with Gasteiger partial charge in [-0.3, -0.25) is 0 Å². The van der Waals surface area contributed by atoms with Crippen molar-refractivity contribution >= 4 is 17.4 Å². The molecule has 94 valence electrons. The van der Waals surface area contributed by atoms with Gasteiger partial charge >= 0.3 is 0 Å². The van der Waals surface area contributed by atoms with Gasteiger partial charge in [0.05, 0.1) is 10.7 Å². The van der Waals surface area contributed by atoms with Gasteiger partial charge in [-0.2, -0.15) is 0 Å². The van der Waals surface area contributed by atoms with Crippen molar-refractivity contribution in [2.75, 3.05) is 11.9 Å². The average molecular weight is 254 g/mol. The lowest BCUT2D eigenvalue weighted by atomic mass is 9.94. The molecule has 0 radical (unpaired) electrons. The second-order valence-corrected chi connectivity index (χ2v) is 5.11. The Labute approximate surface area is 108 Å². The maximum Gasteiger partial charge on any atom is 0.128 e. The summed E-state index contributed by atoms with van der Waals surface area (Å²) in [6.45, 7) is 0.394. The molecule has 4 heteroatoms. The second kappa shape index (κ2) is 5.69. The van der Waals surface area contributed by atoms with Crippen LogP contribution in [0.3, 0.4) is 0 Å². The van der Waals surface area contributed by atoms with E-state index in [4.69, 9.17) is 17.3 Å². The van der Waals surface area contributed by atoms with E-state index in [0.29, 0.717) is 17.6 Å². The molecule has 0 saturated heterocycles. The van der Waals surface area contributed by atoms with Crippen LogP contribution < -0.4 is 10.6 Å². The van der Waals surface area contributed by atoms with Crippen LogP contribution in [0.1, 0.15) is 37.8 Å². The van der Waals surface area contributed by atoms with Crippen molar-refractivity contribution in [2.24, 2.45) is 5.73 Å². The maximum atomic E-state index is 6.03. The predicted molar refractivity (Wildman–Crippen MR) is 72.4 cm³/mol. The fraction of sp³-hybridized carbons (Fsp3) is 0.615. The monoisotopic (exact) mass is 253 g/mol. The van der Waals surface area contributed by atoms with Gasteiger partial charge in [0.1, 0.15) is 5.82 Å². The minimum absolute atomic E-state index is 0.394. The molecule has 0 aliphatic heterocycles. The third kappa shape index (κ3) is 2.90. The van der Waals surface area contributed by atoms with E-state index >= 15 is 0 Å². The SMILES string of the molecule is CN(c1ccc(Cl)c(CN)n1)C1CCCCC1. The zero-order valence-electron chi connectivity index (χ0n) is 10.3. The van der Waals surface area contributed by atoms with Crippen LogP contribution in [0.15, 0.2) is 12.1 Å². The highest BCUT2D eigenvalue weighted by atomic mass is 35.5. The quantitative estimate of drug-likeness (QED) is 0.901. The van der Waals surface area contributed by atoms with Crippen LogP contribution in [0.4, 0.5) is 5.82 Å². The molecular formula is C13H20ClN3. The number of nitrogens with two attached hydrogens (primary N) is 1. The minimum atomic E-state index is 0.394. The first kappa shape index (κ1) is 12.7. The van der Waals surface area contributed by atoms with Gasteiger partial charge in [0.2, 0.25) is 0 Å². The van der Waals surface area contributed by atoms with Crippen LogP contribution in [0.2, 0.25) is 5.02 Å². The van der Waals surface area contributed by atoms with Crippen molar-refractivity contribution in [2.45, 2.75) is 44.7 Å². The van der Waals surface area contributed by atoms with Crippen LogP contribution in [0.5, 0.6) is 0 Å². The Hall–Kier alpha value is -0.800. The van der Waals surface area contributed by atoms with E-state index in [1.807, 2.05) is 12.1 Å². The van der Waals surface area contributed by atoms with Gasteiger partial charge in [-0.25, -0.2) is 4.98 Å². The Morgan fingerprint density at radius 3 is 2.71 bits per heavy atom. The molecule has 1 heterocycles. The molecule has 2 N–H and O–H groups in total. The normalized spacial score (nSPS) is 17.1. The molecular weight excluding hydrogens is 234 g/mol. The third-order valence-electron chi connectivity index (χ3n) is 3.58. The van der Waals surface area contributed by atoms with Crippen molar-refractivity contribution in [3.63, 3.8) is 0 Å². The fourth-order valence-corrected chi connectivity index (χ4v) is 2.65. The highest BCUT2D eigenvalue weighted by Crippen LogP contribution is 2.26. The van der Waals surface area contributed by atoms with Crippen molar-refractivity contribution in [3.05, 3.63) is 22.8 Å². The zero-order valence-corrected chi connectivity index (χ0v) is 11.1. The number of hydrogen-bond acceptors (Lipinski definition) is 3. The highest BCUT2D eigenvalue weighted by Gasteiger charge is 2.19. The van der Waals surface area contributed by atoms with E-state index in [-0.39, 0.29) is 0 Å². The average Bonchev–Trinajstić information content (AvgIpc) is 2.39. The minimum Gasteiger partial charge on any atom is -0.357 e. The summed E-state index contributed by atoms with van der Waals surface area (Å²) in [4.78, 5) is 6.81. The zero-order chi connectivity index (χ0) is 12.3. The summed E-state index contributed by atoms with van der Waals surface area (Å²) >= 11 is 6.03. The first-order valence-electron chi connectivity index (χ1n) is 6.30. The van der Waals surface area contributed by atoms with Crippen LogP contribution in [0, 0.1) is 0 Å². The van der Waals surface area contributed by atoms with E-state index < -0.39 is 0 Å². The molecule has 0 spiro atoms. The number of halogens is 1. The van der Waals surface area contributed by atoms with Gasteiger partial charge in [0.15, 0.2) is 0 Å². The Balaban J connectivity index is 2.15. The molecule has 0 unspecified atom stereocenters. The van der Waals surface area contributed by atoms with E-state index in [9.17, 15) is 0 Å². The second-order valence-electron chi connectivity index (χ2n) is 4.70. The number of anilines is 1. The lowest BCUT2D eigenvalue weighted by Crippen LogP contribution is -2.34. The molecule has 3 nitrogen and oxygen atoms in total. The molecule has 1 aliphatic rings. The van der Waals surface area contributed by atoms with Gasteiger partial charge in [-0.15, -0.1) is 0 Å². The summed E-state index contributed by atoms with van der Waals surface area (Å²) < 4.78 is 0. The van der Waals surface area contributed by atoms with E-state index in [0.717, 1.165) is 11.5 Å². The van der Waals surface area contributed by atoms with Gasteiger partial charge in [0.25, 0.3) is 0 Å². The topological polar surface area (TPSA) is 42.1 Å². The third-order valence-corrected chi connectivity index (χ3v) is 3.93. The maximum absolute atomic E-state index is 6.03. The van der Waals surface area contributed by atoms with Gasteiger partial charge < -0.3 is 10.6 Å². The number of aromatic nitrogens is 1. The van der Waals surface area contributed by atoms with E-state index in [1.165, 1.54) is 32.1 Å². The molecule has 17 heavy (non-hydrogen) atoms. The highest BCUT2D eigenvalue weighted by molar-refractivity contribution is 6.31. The van der Waals surface area contributed by atoms with Crippen molar-refractivity contribution in [3.8, 4) is 0 Å². The summed E-state index contributed by atoms with van der Waals surface area (Å²) in [6, 6.07) is 4.49. The lowest BCUT2D eigenvalue weighted by Gasteiger charge is -2.32. The van der Waals surface area contributed by atoms with Crippen LogP contribution >= 0.6 is 11.6 Å². The van der Waals surface area contributed by atoms with Gasteiger partial charge in [-0.05, 0) is 25.0 Å². The Bertz CT molecular complexity index is 375. The van der Waals surface area contributed by atoms with Gasteiger partial charge in [0, 0.05) is 19.6 Å². The van der Waals surface area contributed by atoms with Crippen LogP contribution in [-0.2, 0) is 6.54 Å². The first-order chi connectivity index (χ1) is 8.22. The number of rotatable bonds is 3. The smallest absolute Gasteiger partial charge is 0.128 e. The summed E-state index contributed by atoms with van der Waals surface area (Å²) in [5.74, 6) is 0.988. The molecule has 1 aromatic heterocycles.